The molecule has 0 bridgehead atoms. The van der Waals surface area contributed by atoms with Crippen LogP contribution in [0.15, 0.2) is 36.7 Å². The minimum Gasteiger partial charge on any atom is -0.354 e. The van der Waals surface area contributed by atoms with E-state index in [-0.39, 0.29) is 11.7 Å². The van der Waals surface area contributed by atoms with Gasteiger partial charge in [-0.05, 0) is 30.9 Å². The Morgan fingerprint density at radius 2 is 1.76 bits per heavy atom. The van der Waals surface area contributed by atoms with E-state index in [2.05, 4.69) is 15.3 Å². The molecule has 0 spiro atoms. The first-order chi connectivity index (χ1) is 12.2. The smallest absolute Gasteiger partial charge is 0.256 e. The fourth-order valence-corrected chi connectivity index (χ4v) is 3.00. The Balaban J connectivity index is 1.53. The third-order valence-corrected chi connectivity index (χ3v) is 4.43. The van der Waals surface area contributed by atoms with Crippen molar-refractivity contribution >= 4 is 11.9 Å². The lowest BCUT2D eigenvalue weighted by Gasteiger charge is -2.19. The van der Waals surface area contributed by atoms with Gasteiger partial charge >= 0.3 is 0 Å². The number of benzene rings is 1. The highest BCUT2D eigenvalue weighted by Gasteiger charge is 2.17. The zero-order valence-electron chi connectivity index (χ0n) is 14.2. The number of nitrogens with one attached hydrogen (secondary N) is 1. The lowest BCUT2D eigenvalue weighted by atomic mass is 10.1. The van der Waals surface area contributed by atoms with Crippen LogP contribution >= 0.6 is 0 Å². The van der Waals surface area contributed by atoms with Gasteiger partial charge in [-0.2, -0.15) is 0 Å². The van der Waals surface area contributed by atoms with E-state index in [9.17, 15) is 9.18 Å². The molecule has 2 heterocycles. The van der Waals surface area contributed by atoms with Crippen molar-refractivity contribution in [2.75, 3.05) is 25.0 Å². The molecular weight excluding hydrogens is 319 g/mol. The number of rotatable bonds is 5. The number of anilines is 1. The Morgan fingerprint density at radius 1 is 1.08 bits per heavy atom. The van der Waals surface area contributed by atoms with E-state index in [1.54, 1.807) is 24.5 Å². The van der Waals surface area contributed by atoms with Crippen LogP contribution in [0.2, 0.25) is 0 Å². The monoisotopic (exact) mass is 342 g/mol. The lowest BCUT2D eigenvalue weighted by Crippen LogP contribution is -2.32. The van der Waals surface area contributed by atoms with Crippen molar-refractivity contribution in [1.82, 2.24) is 14.9 Å². The van der Waals surface area contributed by atoms with Crippen molar-refractivity contribution in [3.8, 4) is 0 Å². The molecule has 3 rings (SSSR count). The maximum Gasteiger partial charge on any atom is 0.256 e. The maximum atomic E-state index is 13.6. The molecule has 1 fully saturated rings. The van der Waals surface area contributed by atoms with Crippen LogP contribution < -0.4 is 5.32 Å². The molecule has 6 heteroatoms. The Hall–Kier alpha value is -2.50. The average Bonchev–Trinajstić information content (AvgIpc) is 2.93. The van der Waals surface area contributed by atoms with E-state index in [1.807, 2.05) is 11.0 Å². The summed E-state index contributed by atoms with van der Waals surface area (Å²) in [4.78, 5) is 22.8. The van der Waals surface area contributed by atoms with Crippen LogP contribution in [-0.2, 0) is 6.42 Å². The number of carbonyl (C=O) groups excluding carboxylic acids is 1. The van der Waals surface area contributed by atoms with Gasteiger partial charge in [0.05, 0.1) is 5.56 Å². The van der Waals surface area contributed by atoms with Crippen LogP contribution in [0.3, 0.4) is 0 Å². The summed E-state index contributed by atoms with van der Waals surface area (Å²) < 4.78 is 13.6. The molecule has 1 aromatic heterocycles. The van der Waals surface area contributed by atoms with Crippen LogP contribution in [0.1, 0.15) is 41.6 Å². The second-order valence-electron chi connectivity index (χ2n) is 6.27. The summed E-state index contributed by atoms with van der Waals surface area (Å²) >= 11 is 0. The van der Waals surface area contributed by atoms with Gasteiger partial charge in [0, 0.05) is 32.0 Å². The molecule has 0 aliphatic carbocycles. The highest BCUT2D eigenvalue weighted by Crippen LogP contribution is 2.13. The van der Waals surface area contributed by atoms with Crippen LogP contribution in [0.5, 0.6) is 0 Å². The number of hydrogen-bond donors (Lipinski definition) is 1. The summed E-state index contributed by atoms with van der Waals surface area (Å²) in [6.45, 7) is 2.14. The zero-order chi connectivity index (χ0) is 17.5. The van der Waals surface area contributed by atoms with Crippen LogP contribution in [0, 0.1) is 5.82 Å². The van der Waals surface area contributed by atoms with Crippen molar-refractivity contribution < 1.29 is 9.18 Å². The van der Waals surface area contributed by atoms with Gasteiger partial charge in [-0.15, -0.1) is 0 Å². The van der Waals surface area contributed by atoms with E-state index >= 15 is 0 Å². The SMILES string of the molecule is O=C(c1cnc(NCCc2ccccc2F)nc1)N1CCCCCC1. The van der Waals surface area contributed by atoms with E-state index < -0.39 is 0 Å². The van der Waals surface area contributed by atoms with Gasteiger partial charge in [0.15, 0.2) is 0 Å². The predicted molar refractivity (Wildman–Crippen MR) is 95.0 cm³/mol. The summed E-state index contributed by atoms with van der Waals surface area (Å²) in [7, 11) is 0. The zero-order valence-corrected chi connectivity index (χ0v) is 14.2. The maximum absolute atomic E-state index is 13.6. The Bertz CT molecular complexity index is 697. The fraction of sp³-hybridized carbons (Fsp3) is 0.421. The van der Waals surface area contributed by atoms with Crippen LogP contribution in [0.4, 0.5) is 10.3 Å². The molecule has 5 nitrogen and oxygen atoms in total. The van der Waals surface area contributed by atoms with Crippen molar-refractivity contribution in [3.63, 3.8) is 0 Å². The molecule has 1 amide bonds. The van der Waals surface area contributed by atoms with Crippen molar-refractivity contribution in [2.45, 2.75) is 32.1 Å². The number of amides is 1. The Labute approximate surface area is 147 Å². The van der Waals surface area contributed by atoms with Gasteiger partial charge in [-0.1, -0.05) is 31.0 Å². The van der Waals surface area contributed by atoms with Gasteiger partial charge < -0.3 is 10.2 Å². The number of nitrogens with zero attached hydrogens (tertiary/aromatic N) is 3. The second kappa shape index (κ2) is 8.55. The molecule has 1 aliphatic heterocycles. The van der Waals surface area contributed by atoms with Crippen molar-refractivity contribution in [2.24, 2.45) is 0 Å². The minimum absolute atomic E-state index is 0.000179. The average molecular weight is 342 g/mol. The molecular formula is C19H23FN4O. The standard InChI is InChI=1S/C19H23FN4O/c20-17-8-4-3-7-15(17)9-10-21-19-22-13-16(14-23-19)18(25)24-11-5-1-2-6-12-24/h3-4,7-8,13-14H,1-2,5-6,9-12H2,(H,21,22,23). The van der Waals surface area contributed by atoms with Gasteiger partial charge in [0.25, 0.3) is 5.91 Å². The van der Waals surface area contributed by atoms with Crippen LogP contribution in [0.25, 0.3) is 0 Å². The topological polar surface area (TPSA) is 58.1 Å². The van der Waals surface area contributed by atoms with Crippen molar-refractivity contribution in [3.05, 3.63) is 53.6 Å². The van der Waals surface area contributed by atoms with Gasteiger partial charge in [0.1, 0.15) is 5.82 Å². The third kappa shape index (κ3) is 4.75. The molecule has 0 unspecified atom stereocenters. The molecule has 1 N–H and O–H groups in total. The van der Waals surface area contributed by atoms with E-state index in [0.717, 1.165) is 25.9 Å². The lowest BCUT2D eigenvalue weighted by molar-refractivity contribution is 0.0761. The first-order valence-corrected chi connectivity index (χ1v) is 8.82. The normalized spacial score (nSPS) is 14.8. The van der Waals surface area contributed by atoms with Gasteiger partial charge in [-0.3, -0.25) is 4.79 Å². The first-order valence-electron chi connectivity index (χ1n) is 8.82. The highest BCUT2D eigenvalue weighted by atomic mass is 19.1. The second-order valence-corrected chi connectivity index (χ2v) is 6.27. The van der Waals surface area contributed by atoms with Gasteiger partial charge in [0.2, 0.25) is 5.95 Å². The van der Waals surface area contributed by atoms with E-state index in [1.165, 1.54) is 18.9 Å². The Morgan fingerprint density at radius 3 is 2.44 bits per heavy atom. The highest BCUT2D eigenvalue weighted by molar-refractivity contribution is 5.93. The predicted octanol–water partition coefficient (Wildman–Crippen LogP) is 3.29. The van der Waals surface area contributed by atoms with E-state index in [4.69, 9.17) is 0 Å². The largest absolute Gasteiger partial charge is 0.354 e. The molecule has 0 saturated carbocycles. The summed E-state index contributed by atoms with van der Waals surface area (Å²) in [5.74, 6) is 0.243. The number of likely N-dealkylation sites (tertiary alicyclic amines) is 1. The molecule has 25 heavy (non-hydrogen) atoms. The number of carbonyl (C=O) groups is 1. The molecule has 0 atom stereocenters. The van der Waals surface area contributed by atoms with Gasteiger partial charge in [-0.25, -0.2) is 14.4 Å². The summed E-state index contributed by atoms with van der Waals surface area (Å²) in [6, 6.07) is 6.71. The quantitative estimate of drug-likeness (QED) is 0.906. The number of hydrogen-bond acceptors (Lipinski definition) is 4. The number of halogens is 1. The van der Waals surface area contributed by atoms with Crippen molar-refractivity contribution in [1.29, 1.82) is 0 Å². The summed E-state index contributed by atoms with van der Waals surface area (Å²) in [5.41, 5.74) is 1.17. The molecule has 2 aromatic rings. The number of aromatic nitrogens is 2. The molecule has 1 aliphatic rings. The molecule has 132 valence electrons. The molecule has 1 saturated heterocycles. The first kappa shape index (κ1) is 17.3. The summed E-state index contributed by atoms with van der Waals surface area (Å²) in [6.07, 6.45) is 8.16. The summed E-state index contributed by atoms with van der Waals surface area (Å²) in [5, 5.41) is 3.06. The third-order valence-electron chi connectivity index (χ3n) is 4.43. The van der Waals surface area contributed by atoms with E-state index in [0.29, 0.717) is 30.0 Å². The molecule has 1 aromatic carbocycles. The van der Waals surface area contributed by atoms with Crippen LogP contribution in [-0.4, -0.2) is 40.4 Å². The minimum atomic E-state index is -0.205. The fourth-order valence-electron chi connectivity index (χ4n) is 3.00. The Kier molecular flexibility index (Phi) is 5.93. The molecule has 0 radical (unpaired) electrons.